The van der Waals surface area contributed by atoms with Crippen molar-refractivity contribution < 1.29 is 29.0 Å². The molecule has 1 unspecified atom stereocenters. The quantitative estimate of drug-likeness (QED) is 0.147. The first-order valence-electron chi connectivity index (χ1n) is 16.1. The minimum absolute atomic E-state index is 0.0197. The third-order valence-corrected chi connectivity index (χ3v) is 8.20. The summed E-state index contributed by atoms with van der Waals surface area (Å²) in [7, 11) is 0. The molecular weight excluding hydrogens is 572 g/mol. The lowest BCUT2D eigenvalue weighted by molar-refractivity contribution is -0.137. The Labute approximate surface area is 266 Å². The van der Waals surface area contributed by atoms with Crippen molar-refractivity contribution in [3.63, 3.8) is 0 Å². The standard InChI is InChI=1S/C35H50N4O6/c1-22(2)17-25(19-34(42)43)38-32(40)18-24(11-9-10-16-36)37-33(41)20-31(23(3)4)39-35(44)45-21-30-28-14-7-5-12-26(28)27-13-6-8-15-29(27)30/h5-8,12-15,22-25,30-31H,9-11,16-21,36H2,1-4H3,(H,37,41)(H,38,40)(H,39,44)(H,42,43)/t24?,25-,31+/m0/s1. The van der Waals surface area contributed by atoms with Gasteiger partial charge in [-0.25, -0.2) is 4.79 Å². The summed E-state index contributed by atoms with van der Waals surface area (Å²) in [4.78, 5) is 50.3. The molecular formula is C35H50N4O6. The normalized spacial score (nSPS) is 14.3. The summed E-state index contributed by atoms with van der Waals surface area (Å²) in [6.45, 7) is 8.46. The molecule has 3 amide bonds. The van der Waals surface area contributed by atoms with Crippen molar-refractivity contribution in [3.8, 4) is 11.1 Å². The molecule has 0 saturated carbocycles. The lowest BCUT2D eigenvalue weighted by atomic mass is 9.98. The third kappa shape index (κ3) is 11.2. The minimum atomic E-state index is -0.975. The zero-order valence-corrected chi connectivity index (χ0v) is 27.0. The van der Waals surface area contributed by atoms with Crippen molar-refractivity contribution >= 4 is 23.9 Å². The van der Waals surface area contributed by atoms with Crippen molar-refractivity contribution in [2.45, 2.75) is 96.7 Å². The highest BCUT2D eigenvalue weighted by atomic mass is 16.5. The molecule has 0 fully saturated rings. The molecule has 2 aromatic carbocycles. The minimum Gasteiger partial charge on any atom is -0.481 e. The predicted octanol–water partition coefficient (Wildman–Crippen LogP) is 4.95. The Kier molecular flexibility index (Phi) is 13.9. The van der Waals surface area contributed by atoms with E-state index in [1.807, 2.05) is 52.0 Å². The molecule has 0 saturated heterocycles. The average Bonchev–Trinajstić information content (AvgIpc) is 3.28. The molecule has 0 spiro atoms. The number of carbonyl (C=O) groups is 4. The van der Waals surface area contributed by atoms with E-state index in [-0.39, 0.29) is 55.4 Å². The van der Waals surface area contributed by atoms with Crippen molar-refractivity contribution in [1.29, 1.82) is 0 Å². The number of nitrogens with one attached hydrogen (secondary N) is 3. The van der Waals surface area contributed by atoms with Gasteiger partial charge in [0.15, 0.2) is 0 Å². The third-order valence-electron chi connectivity index (χ3n) is 8.20. The number of carbonyl (C=O) groups excluding carboxylic acids is 3. The van der Waals surface area contributed by atoms with Crippen LogP contribution in [0.1, 0.15) is 89.7 Å². The van der Waals surface area contributed by atoms with Crippen LogP contribution in [0.15, 0.2) is 48.5 Å². The van der Waals surface area contributed by atoms with E-state index in [9.17, 15) is 24.3 Å². The number of nitrogens with two attached hydrogens (primary N) is 1. The first-order valence-corrected chi connectivity index (χ1v) is 16.1. The van der Waals surface area contributed by atoms with E-state index in [4.69, 9.17) is 10.5 Å². The van der Waals surface area contributed by atoms with Gasteiger partial charge in [0.1, 0.15) is 6.61 Å². The average molecular weight is 623 g/mol. The summed E-state index contributed by atoms with van der Waals surface area (Å²) >= 11 is 0. The lowest BCUT2D eigenvalue weighted by Gasteiger charge is -2.25. The topological polar surface area (TPSA) is 160 Å². The molecule has 0 bridgehead atoms. The van der Waals surface area contributed by atoms with Gasteiger partial charge in [0.05, 0.1) is 6.42 Å². The number of amides is 3. The van der Waals surface area contributed by atoms with Crippen LogP contribution in [-0.4, -0.2) is 60.3 Å². The van der Waals surface area contributed by atoms with Gasteiger partial charge in [0.2, 0.25) is 11.8 Å². The predicted molar refractivity (Wildman–Crippen MR) is 175 cm³/mol. The number of unbranched alkanes of at least 4 members (excludes halogenated alkanes) is 1. The summed E-state index contributed by atoms with van der Waals surface area (Å²) in [6, 6.07) is 14.8. The molecule has 3 rings (SSSR count). The number of carboxylic acids is 1. The summed E-state index contributed by atoms with van der Waals surface area (Å²) in [5, 5.41) is 17.9. The zero-order valence-electron chi connectivity index (χ0n) is 27.0. The van der Waals surface area contributed by atoms with E-state index in [1.165, 1.54) is 0 Å². The Morgan fingerprint density at radius 2 is 1.38 bits per heavy atom. The molecule has 0 radical (unpaired) electrons. The van der Waals surface area contributed by atoms with Gasteiger partial charge in [-0.1, -0.05) is 82.6 Å². The van der Waals surface area contributed by atoms with Crippen molar-refractivity contribution in [2.75, 3.05) is 13.2 Å². The highest BCUT2D eigenvalue weighted by Gasteiger charge is 2.30. The van der Waals surface area contributed by atoms with Gasteiger partial charge in [0, 0.05) is 36.9 Å². The van der Waals surface area contributed by atoms with E-state index < -0.39 is 30.2 Å². The van der Waals surface area contributed by atoms with E-state index in [0.29, 0.717) is 19.4 Å². The molecule has 10 nitrogen and oxygen atoms in total. The van der Waals surface area contributed by atoms with Crippen LogP contribution < -0.4 is 21.7 Å². The molecule has 1 aliphatic carbocycles. The van der Waals surface area contributed by atoms with Gasteiger partial charge in [-0.15, -0.1) is 0 Å². The Balaban J connectivity index is 1.57. The molecule has 2 aromatic rings. The number of rotatable bonds is 18. The Morgan fingerprint density at radius 1 is 0.800 bits per heavy atom. The Bertz CT molecular complexity index is 1250. The van der Waals surface area contributed by atoms with Crippen molar-refractivity contribution in [1.82, 2.24) is 16.0 Å². The van der Waals surface area contributed by atoms with Gasteiger partial charge in [0.25, 0.3) is 0 Å². The van der Waals surface area contributed by atoms with Crippen LogP contribution in [0.2, 0.25) is 0 Å². The fraction of sp³-hybridized carbons (Fsp3) is 0.543. The number of fused-ring (bicyclic) bond motifs is 3. The second kappa shape index (κ2) is 17.5. The van der Waals surface area contributed by atoms with Gasteiger partial charge >= 0.3 is 12.1 Å². The second-order valence-corrected chi connectivity index (χ2v) is 12.8. The number of alkyl carbamates (subject to hydrolysis) is 1. The van der Waals surface area contributed by atoms with Crippen LogP contribution in [0, 0.1) is 11.8 Å². The molecule has 10 heteroatoms. The summed E-state index contributed by atoms with van der Waals surface area (Å²) in [5.74, 6) is -1.48. The molecule has 246 valence electrons. The number of aliphatic carboxylic acids is 1. The van der Waals surface area contributed by atoms with Crippen molar-refractivity contribution in [2.24, 2.45) is 17.6 Å². The summed E-state index contributed by atoms with van der Waals surface area (Å²) in [6.07, 6.45) is 1.87. The number of carboxylic acid groups (broad SMARTS) is 1. The Hall–Kier alpha value is -3.92. The molecule has 1 aliphatic rings. The van der Waals surface area contributed by atoms with Crippen LogP contribution in [0.4, 0.5) is 4.79 Å². The smallest absolute Gasteiger partial charge is 0.407 e. The maximum atomic E-state index is 13.2. The van der Waals surface area contributed by atoms with E-state index in [1.54, 1.807) is 0 Å². The molecule has 0 aromatic heterocycles. The van der Waals surface area contributed by atoms with Gasteiger partial charge < -0.3 is 31.5 Å². The first kappa shape index (κ1) is 35.6. The van der Waals surface area contributed by atoms with Gasteiger partial charge in [-0.2, -0.15) is 0 Å². The second-order valence-electron chi connectivity index (χ2n) is 12.8. The largest absolute Gasteiger partial charge is 0.481 e. The fourth-order valence-electron chi connectivity index (χ4n) is 5.98. The number of hydrogen-bond donors (Lipinski definition) is 5. The number of benzene rings is 2. The number of ether oxygens (including phenoxy) is 1. The van der Waals surface area contributed by atoms with Gasteiger partial charge in [-0.3, -0.25) is 14.4 Å². The van der Waals surface area contributed by atoms with Crippen LogP contribution in [-0.2, 0) is 19.1 Å². The SMILES string of the molecule is CC(C)C[C@@H](CC(=O)O)NC(=O)CC(CCCCN)NC(=O)C[C@@H](NC(=O)OCC1c2ccccc2-c2ccccc21)C(C)C. The van der Waals surface area contributed by atoms with E-state index in [0.717, 1.165) is 35.1 Å². The van der Waals surface area contributed by atoms with E-state index in [2.05, 4.69) is 40.2 Å². The Morgan fingerprint density at radius 3 is 1.93 bits per heavy atom. The van der Waals surface area contributed by atoms with Gasteiger partial charge in [-0.05, 0) is 59.9 Å². The molecule has 6 N–H and O–H groups in total. The fourth-order valence-corrected chi connectivity index (χ4v) is 5.98. The van der Waals surface area contributed by atoms with Crippen LogP contribution in [0.25, 0.3) is 11.1 Å². The van der Waals surface area contributed by atoms with Crippen LogP contribution in [0.5, 0.6) is 0 Å². The molecule has 3 atom stereocenters. The first-order chi connectivity index (χ1) is 21.5. The number of hydrogen-bond acceptors (Lipinski definition) is 6. The van der Waals surface area contributed by atoms with Crippen molar-refractivity contribution in [3.05, 3.63) is 59.7 Å². The maximum Gasteiger partial charge on any atom is 0.407 e. The highest BCUT2D eigenvalue weighted by molar-refractivity contribution is 5.81. The highest BCUT2D eigenvalue weighted by Crippen LogP contribution is 2.44. The zero-order chi connectivity index (χ0) is 32.9. The monoisotopic (exact) mass is 622 g/mol. The molecule has 0 heterocycles. The maximum absolute atomic E-state index is 13.2. The van der Waals surface area contributed by atoms with Crippen LogP contribution >= 0.6 is 0 Å². The molecule has 45 heavy (non-hydrogen) atoms. The van der Waals surface area contributed by atoms with Crippen LogP contribution in [0.3, 0.4) is 0 Å². The lowest BCUT2D eigenvalue weighted by Crippen LogP contribution is -2.46. The summed E-state index contributed by atoms with van der Waals surface area (Å²) in [5.41, 5.74) is 10.2. The summed E-state index contributed by atoms with van der Waals surface area (Å²) < 4.78 is 5.70. The van der Waals surface area contributed by atoms with E-state index >= 15 is 0 Å². The molecule has 0 aliphatic heterocycles.